The molecule has 0 aliphatic heterocycles. The second kappa shape index (κ2) is 4.46. The minimum atomic E-state index is 0.172. The summed E-state index contributed by atoms with van der Waals surface area (Å²) in [4.78, 5) is 4.23. The van der Waals surface area contributed by atoms with Crippen molar-refractivity contribution >= 4 is 10.8 Å². The molecule has 1 aliphatic carbocycles. The van der Waals surface area contributed by atoms with Gasteiger partial charge in [0.2, 0.25) is 0 Å². The van der Waals surface area contributed by atoms with Gasteiger partial charge in [-0.05, 0) is 35.8 Å². The highest BCUT2D eigenvalue weighted by atomic mass is 14.7. The summed E-state index contributed by atoms with van der Waals surface area (Å²) < 4.78 is 0. The number of aromatic nitrogens is 1. The van der Waals surface area contributed by atoms with E-state index in [4.69, 9.17) is 5.73 Å². The van der Waals surface area contributed by atoms with Crippen molar-refractivity contribution in [3.8, 4) is 0 Å². The third-order valence-electron chi connectivity index (χ3n) is 3.98. The van der Waals surface area contributed by atoms with Crippen LogP contribution in [-0.2, 0) is 0 Å². The molecule has 1 heterocycles. The van der Waals surface area contributed by atoms with Gasteiger partial charge in [-0.15, -0.1) is 0 Å². The van der Waals surface area contributed by atoms with Crippen LogP contribution in [0.2, 0.25) is 0 Å². The number of rotatable bonds is 2. The summed E-state index contributed by atoms with van der Waals surface area (Å²) >= 11 is 0. The maximum Gasteiger partial charge on any atom is 0.0349 e. The Labute approximate surface area is 102 Å². The molecule has 1 saturated carbocycles. The Kier molecular flexibility index (Phi) is 2.81. The molecule has 1 aromatic heterocycles. The average Bonchev–Trinajstić information content (AvgIpc) is 2.91. The van der Waals surface area contributed by atoms with E-state index in [1.807, 2.05) is 12.4 Å². The molecule has 0 amide bonds. The quantitative estimate of drug-likeness (QED) is 0.852. The summed E-state index contributed by atoms with van der Waals surface area (Å²) in [6, 6.07) is 8.62. The lowest BCUT2D eigenvalue weighted by Crippen LogP contribution is -2.19. The predicted octanol–water partition coefficient (Wildman–Crippen LogP) is 3.42. The molecule has 2 nitrogen and oxygen atoms in total. The van der Waals surface area contributed by atoms with Crippen LogP contribution in [0.1, 0.15) is 37.3 Å². The fourth-order valence-electron chi connectivity index (χ4n) is 3.00. The Morgan fingerprint density at radius 3 is 2.82 bits per heavy atom. The highest BCUT2D eigenvalue weighted by Gasteiger charge is 2.24. The molecule has 88 valence electrons. The Morgan fingerprint density at radius 1 is 1.18 bits per heavy atom. The summed E-state index contributed by atoms with van der Waals surface area (Å²) in [6.45, 7) is 0. The zero-order valence-electron chi connectivity index (χ0n) is 9.97. The Morgan fingerprint density at radius 2 is 2.00 bits per heavy atom. The molecule has 0 spiro atoms. The van der Waals surface area contributed by atoms with Crippen LogP contribution < -0.4 is 5.73 Å². The van der Waals surface area contributed by atoms with E-state index >= 15 is 0 Å². The number of pyridine rings is 1. The first-order valence-corrected chi connectivity index (χ1v) is 6.44. The molecule has 1 atom stereocenters. The van der Waals surface area contributed by atoms with Crippen molar-refractivity contribution in [1.29, 1.82) is 0 Å². The van der Waals surface area contributed by atoms with Crippen LogP contribution in [0.5, 0.6) is 0 Å². The first-order chi connectivity index (χ1) is 8.36. The van der Waals surface area contributed by atoms with Crippen molar-refractivity contribution in [2.75, 3.05) is 0 Å². The van der Waals surface area contributed by atoms with E-state index in [2.05, 4.69) is 29.2 Å². The van der Waals surface area contributed by atoms with Crippen molar-refractivity contribution < 1.29 is 0 Å². The molecular formula is C15H18N2. The number of hydrogen-bond acceptors (Lipinski definition) is 2. The summed E-state index contributed by atoms with van der Waals surface area (Å²) in [6.07, 6.45) is 9.01. The van der Waals surface area contributed by atoms with E-state index in [0.717, 1.165) is 0 Å². The highest BCUT2D eigenvalue weighted by molar-refractivity contribution is 5.85. The van der Waals surface area contributed by atoms with Crippen molar-refractivity contribution in [1.82, 2.24) is 4.98 Å². The van der Waals surface area contributed by atoms with Gasteiger partial charge in [-0.25, -0.2) is 0 Å². The van der Waals surface area contributed by atoms with Gasteiger partial charge in [0.15, 0.2) is 0 Å². The smallest absolute Gasteiger partial charge is 0.0349 e. The largest absolute Gasteiger partial charge is 0.324 e. The minimum absolute atomic E-state index is 0.172. The standard InChI is InChI=1S/C15H18N2/c16-15(12-4-1-2-5-12)13-7-3-6-11-8-9-17-10-14(11)13/h3,6-10,12,15H,1-2,4-5,16H2. The van der Waals surface area contributed by atoms with Crippen LogP contribution in [0, 0.1) is 5.92 Å². The number of hydrogen-bond donors (Lipinski definition) is 1. The lowest BCUT2D eigenvalue weighted by Gasteiger charge is -2.20. The Hall–Kier alpha value is -1.41. The summed E-state index contributed by atoms with van der Waals surface area (Å²) in [5, 5.41) is 2.46. The Balaban J connectivity index is 2.04. The molecule has 3 rings (SSSR count). The van der Waals surface area contributed by atoms with Gasteiger partial charge in [-0.1, -0.05) is 31.0 Å². The number of benzene rings is 1. The third kappa shape index (κ3) is 1.93. The van der Waals surface area contributed by atoms with E-state index in [-0.39, 0.29) is 6.04 Å². The van der Waals surface area contributed by atoms with Crippen LogP contribution in [0.4, 0.5) is 0 Å². The molecule has 1 fully saturated rings. The van der Waals surface area contributed by atoms with E-state index in [9.17, 15) is 0 Å². The molecule has 0 saturated heterocycles. The van der Waals surface area contributed by atoms with Gasteiger partial charge in [0.1, 0.15) is 0 Å². The maximum atomic E-state index is 6.44. The highest BCUT2D eigenvalue weighted by Crippen LogP contribution is 2.36. The van der Waals surface area contributed by atoms with Crippen LogP contribution >= 0.6 is 0 Å². The fourth-order valence-corrected chi connectivity index (χ4v) is 3.00. The van der Waals surface area contributed by atoms with Gasteiger partial charge in [-0.3, -0.25) is 4.98 Å². The molecule has 0 radical (unpaired) electrons. The van der Waals surface area contributed by atoms with Crippen LogP contribution in [0.25, 0.3) is 10.8 Å². The van der Waals surface area contributed by atoms with Crippen LogP contribution in [0.15, 0.2) is 36.7 Å². The van der Waals surface area contributed by atoms with Crippen LogP contribution in [-0.4, -0.2) is 4.98 Å². The molecular weight excluding hydrogens is 208 g/mol. The molecule has 2 aromatic rings. The predicted molar refractivity (Wildman–Crippen MR) is 70.6 cm³/mol. The third-order valence-corrected chi connectivity index (χ3v) is 3.98. The summed E-state index contributed by atoms with van der Waals surface area (Å²) in [5.41, 5.74) is 7.70. The normalized spacial score (nSPS) is 18.6. The first kappa shape index (κ1) is 10.7. The molecule has 1 unspecified atom stereocenters. The van der Waals surface area contributed by atoms with Crippen molar-refractivity contribution in [3.63, 3.8) is 0 Å². The SMILES string of the molecule is NC(c1cccc2ccncc12)C1CCCC1. The lowest BCUT2D eigenvalue weighted by molar-refractivity contribution is 0.447. The van der Waals surface area contributed by atoms with Gasteiger partial charge in [0, 0.05) is 23.8 Å². The van der Waals surface area contributed by atoms with Gasteiger partial charge >= 0.3 is 0 Å². The molecule has 1 aromatic carbocycles. The van der Waals surface area contributed by atoms with Crippen molar-refractivity contribution in [2.45, 2.75) is 31.7 Å². The topological polar surface area (TPSA) is 38.9 Å². The Bertz CT molecular complexity index is 510. The molecule has 2 N–H and O–H groups in total. The lowest BCUT2D eigenvalue weighted by atomic mass is 9.90. The number of nitrogens with two attached hydrogens (primary N) is 1. The molecule has 17 heavy (non-hydrogen) atoms. The van der Waals surface area contributed by atoms with E-state index in [0.29, 0.717) is 5.92 Å². The average molecular weight is 226 g/mol. The number of nitrogens with zero attached hydrogens (tertiary/aromatic N) is 1. The minimum Gasteiger partial charge on any atom is -0.324 e. The van der Waals surface area contributed by atoms with Crippen molar-refractivity contribution in [3.05, 3.63) is 42.2 Å². The summed E-state index contributed by atoms with van der Waals surface area (Å²) in [7, 11) is 0. The fraction of sp³-hybridized carbons (Fsp3) is 0.400. The van der Waals surface area contributed by atoms with E-state index in [1.165, 1.54) is 42.0 Å². The van der Waals surface area contributed by atoms with Crippen LogP contribution in [0.3, 0.4) is 0 Å². The first-order valence-electron chi connectivity index (χ1n) is 6.44. The van der Waals surface area contributed by atoms with Gasteiger partial charge < -0.3 is 5.73 Å². The van der Waals surface area contributed by atoms with Crippen molar-refractivity contribution in [2.24, 2.45) is 11.7 Å². The number of fused-ring (bicyclic) bond motifs is 1. The zero-order valence-corrected chi connectivity index (χ0v) is 9.97. The second-order valence-corrected chi connectivity index (χ2v) is 5.01. The maximum absolute atomic E-state index is 6.44. The second-order valence-electron chi connectivity index (χ2n) is 5.01. The molecule has 0 bridgehead atoms. The van der Waals surface area contributed by atoms with E-state index < -0.39 is 0 Å². The monoisotopic (exact) mass is 226 g/mol. The summed E-state index contributed by atoms with van der Waals surface area (Å²) in [5.74, 6) is 0.654. The molecule has 2 heteroatoms. The van der Waals surface area contributed by atoms with Gasteiger partial charge in [0.05, 0.1) is 0 Å². The molecule has 1 aliphatic rings. The van der Waals surface area contributed by atoms with E-state index in [1.54, 1.807) is 0 Å². The van der Waals surface area contributed by atoms with Gasteiger partial charge in [0.25, 0.3) is 0 Å². The zero-order chi connectivity index (χ0) is 11.7. The van der Waals surface area contributed by atoms with Gasteiger partial charge in [-0.2, -0.15) is 0 Å².